The van der Waals surface area contributed by atoms with Crippen LogP contribution in [0.3, 0.4) is 0 Å². The lowest BCUT2D eigenvalue weighted by atomic mass is 10.1. The predicted molar refractivity (Wildman–Crippen MR) is 101 cm³/mol. The third kappa shape index (κ3) is 3.94. The molecule has 0 unspecified atom stereocenters. The standard InChI is InChI=1S/C21H23N3O3/c25-20(23-11-2-12-23)16-4-6-18(7-5-16)27-19-8-13-24(14-9-19)21(26)17-3-1-10-22-15-17/h1,3-7,10,15,19H,2,8-9,11-14H2. The van der Waals surface area contributed by atoms with Gasteiger partial charge >= 0.3 is 0 Å². The maximum absolute atomic E-state index is 12.5. The summed E-state index contributed by atoms with van der Waals surface area (Å²) in [5, 5.41) is 0. The van der Waals surface area contributed by atoms with Crippen LogP contribution in [0.25, 0.3) is 0 Å². The summed E-state index contributed by atoms with van der Waals surface area (Å²) < 4.78 is 6.05. The number of hydrogen-bond donors (Lipinski definition) is 0. The number of hydrogen-bond acceptors (Lipinski definition) is 4. The molecule has 0 N–H and O–H groups in total. The average molecular weight is 365 g/mol. The Balaban J connectivity index is 1.29. The minimum Gasteiger partial charge on any atom is -0.490 e. The van der Waals surface area contributed by atoms with Gasteiger partial charge in [0.15, 0.2) is 0 Å². The summed E-state index contributed by atoms with van der Waals surface area (Å²) in [4.78, 5) is 32.4. The highest BCUT2D eigenvalue weighted by atomic mass is 16.5. The number of ether oxygens (including phenoxy) is 1. The van der Waals surface area contributed by atoms with Crippen molar-refractivity contribution in [2.45, 2.75) is 25.4 Å². The molecular weight excluding hydrogens is 342 g/mol. The number of benzene rings is 1. The molecule has 1 aromatic heterocycles. The lowest BCUT2D eigenvalue weighted by molar-refractivity contribution is 0.0595. The molecule has 2 fully saturated rings. The van der Waals surface area contributed by atoms with Crippen LogP contribution in [-0.2, 0) is 0 Å². The monoisotopic (exact) mass is 365 g/mol. The Morgan fingerprint density at radius 2 is 1.56 bits per heavy atom. The van der Waals surface area contributed by atoms with Crippen LogP contribution >= 0.6 is 0 Å². The average Bonchev–Trinajstić information content (AvgIpc) is 2.68. The molecule has 2 aromatic rings. The van der Waals surface area contributed by atoms with E-state index in [-0.39, 0.29) is 17.9 Å². The molecule has 1 aromatic carbocycles. The van der Waals surface area contributed by atoms with E-state index < -0.39 is 0 Å². The van der Waals surface area contributed by atoms with Gasteiger partial charge < -0.3 is 14.5 Å². The molecule has 140 valence electrons. The number of carbonyl (C=O) groups is 2. The Morgan fingerprint density at radius 1 is 0.889 bits per heavy atom. The Hall–Kier alpha value is -2.89. The molecule has 0 atom stereocenters. The van der Waals surface area contributed by atoms with Crippen LogP contribution in [0.5, 0.6) is 5.75 Å². The third-order valence-electron chi connectivity index (χ3n) is 5.18. The van der Waals surface area contributed by atoms with Crippen LogP contribution < -0.4 is 4.74 Å². The normalized spacial score (nSPS) is 17.3. The number of likely N-dealkylation sites (tertiary alicyclic amines) is 2. The Morgan fingerprint density at radius 3 is 2.15 bits per heavy atom. The first-order chi connectivity index (χ1) is 13.2. The first-order valence-corrected chi connectivity index (χ1v) is 9.46. The van der Waals surface area contributed by atoms with Gasteiger partial charge in [0.25, 0.3) is 11.8 Å². The van der Waals surface area contributed by atoms with E-state index >= 15 is 0 Å². The largest absolute Gasteiger partial charge is 0.490 e. The number of amides is 2. The van der Waals surface area contributed by atoms with Gasteiger partial charge in [0.2, 0.25) is 0 Å². The van der Waals surface area contributed by atoms with Crippen LogP contribution in [0.2, 0.25) is 0 Å². The van der Waals surface area contributed by atoms with Crippen LogP contribution in [0, 0.1) is 0 Å². The maximum Gasteiger partial charge on any atom is 0.255 e. The van der Waals surface area contributed by atoms with Crippen molar-refractivity contribution in [1.82, 2.24) is 14.8 Å². The van der Waals surface area contributed by atoms with Gasteiger partial charge in [0.05, 0.1) is 5.56 Å². The fourth-order valence-electron chi connectivity index (χ4n) is 3.42. The van der Waals surface area contributed by atoms with Crippen LogP contribution in [0.1, 0.15) is 40.0 Å². The second-order valence-electron chi connectivity index (χ2n) is 7.02. The van der Waals surface area contributed by atoms with E-state index in [4.69, 9.17) is 4.74 Å². The third-order valence-corrected chi connectivity index (χ3v) is 5.18. The molecule has 4 rings (SSSR count). The molecule has 2 aliphatic heterocycles. The van der Waals surface area contributed by atoms with E-state index in [1.165, 1.54) is 0 Å². The molecule has 0 aliphatic carbocycles. The van der Waals surface area contributed by atoms with E-state index in [1.54, 1.807) is 24.5 Å². The summed E-state index contributed by atoms with van der Waals surface area (Å²) in [5.74, 6) is 0.887. The van der Waals surface area contributed by atoms with Crippen molar-refractivity contribution in [2.75, 3.05) is 26.2 Å². The minimum atomic E-state index is 0.0235. The highest BCUT2D eigenvalue weighted by molar-refractivity contribution is 5.95. The Bertz CT molecular complexity index is 795. The number of carbonyl (C=O) groups excluding carboxylic acids is 2. The molecule has 0 spiro atoms. The summed E-state index contributed by atoms with van der Waals surface area (Å²) in [6.07, 6.45) is 6.03. The number of aromatic nitrogens is 1. The first kappa shape index (κ1) is 17.5. The van der Waals surface area contributed by atoms with E-state index in [2.05, 4.69) is 4.98 Å². The summed E-state index contributed by atoms with van der Waals surface area (Å²) in [7, 11) is 0. The van der Waals surface area contributed by atoms with Gasteiger partial charge in [-0.1, -0.05) is 0 Å². The van der Waals surface area contributed by atoms with Gasteiger partial charge in [-0.15, -0.1) is 0 Å². The summed E-state index contributed by atoms with van der Waals surface area (Å²) in [6.45, 7) is 3.05. The quantitative estimate of drug-likeness (QED) is 0.836. The molecule has 6 nitrogen and oxygen atoms in total. The van der Waals surface area contributed by atoms with E-state index in [0.29, 0.717) is 24.2 Å². The van der Waals surface area contributed by atoms with Crippen molar-refractivity contribution in [3.8, 4) is 5.75 Å². The highest BCUT2D eigenvalue weighted by Gasteiger charge is 2.25. The Labute approximate surface area is 158 Å². The van der Waals surface area contributed by atoms with Crippen molar-refractivity contribution in [3.63, 3.8) is 0 Å². The van der Waals surface area contributed by atoms with Crippen LogP contribution in [0.15, 0.2) is 48.8 Å². The number of pyridine rings is 1. The Kier molecular flexibility index (Phi) is 5.05. The molecule has 0 saturated carbocycles. The lowest BCUT2D eigenvalue weighted by Gasteiger charge is -2.32. The summed E-state index contributed by atoms with van der Waals surface area (Å²) in [6, 6.07) is 11.0. The van der Waals surface area contributed by atoms with Gasteiger partial charge in [-0.05, 0) is 42.8 Å². The zero-order valence-electron chi connectivity index (χ0n) is 15.2. The van der Waals surface area contributed by atoms with Crippen molar-refractivity contribution in [1.29, 1.82) is 0 Å². The van der Waals surface area contributed by atoms with Crippen LogP contribution in [-0.4, -0.2) is 58.9 Å². The predicted octanol–water partition coefficient (Wildman–Crippen LogP) is 2.61. The highest BCUT2D eigenvalue weighted by Crippen LogP contribution is 2.22. The van der Waals surface area contributed by atoms with Gasteiger partial charge in [-0.2, -0.15) is 0 Å². The van der Waals surface area contributed by atoms with Crippen molar-refractivity contribution in [3.05, 3.63) is 59.9 Å². The molecule has 2 saturated heterocycles. The molecular formula is C21H23N3O3. The smallest absolute Gasteiger partial charge is 0.255 e. The zero-order valence-corrected chi connectivity index (χ0v) is 15.2. The summed E-state index contributed by atoms with van der Waals surface area (Å²) in [5.41, 5.74) is 1.33. The number of nitrogens with zero attached hydrogens (tertiary/aromatic N) is 3. The molecule has 0 radical (unpaired) electrons. The van der Waals surface area contributed by atoms with Crippen molar-refractivity contribution < 1.29 is 14.3 Å². The van der Waals surface area contributed by atoms with Gasteiger partial charge in [-0.3, -0.25) is 14.6 Å². The molecule has 6 heteroatoms. The molecule has 0 bridgehead atoms. The zero-order chi connectivity index (χ0) is 18.6. The van der Waals surface area contributed by atoms with Gasteiger partial charge in [0, 0.05) is 57.0 Å². The summed E-state index contributed by atoms with van der Waals surface area (Å²) >= 11 is 0. The second kappa shape index (κ2) is 7.78. The SMILES string of the molecule is O=C(c1ccc(OC2CCN(C(=O)c3cccnc3)CC2)cc1)N1CCC1. The van der Waals surface area contributed by atoms with E-state index in [1.807, 2.05) is 34.1 Å². The first-order valence-electron chi connectivity index (χ1n) is 9.46. The van der Waals surface area contributed by atoms with Crippen molar-refractivity contribution >= 4 is 11.8 Å². The minimum absolute atomic E-state index is 0.0235. The van der Waals surface area contributed by atoms with Gasteiger partial charge in [-0.25, -0.2) is 0 Å². The van der Waals surface area contributed by atoms with Crippen LogP contribution in [0.4, 0.5) is 0 Å². The second-order valence-corrected chi connectivity index (χ2v) is 7.02. The van der Waals surface area contributed by atoms with Crippen molar-refractivity contribution in [2.24, 2.45) is 0 Å². The number of rotatable bonds is 4. The molecule has 3 heterocycles. The molecule has 2 aliphatic rings. The molecule has 2 amide bonds. The fourth-order valence-corrected chi connectivity index (χ4v) is 3.42. The number of piperidine rings is 1. The van der Waals surface area contributed by atoms with Gasteiger partial charge in [0.1, 0.15) is 11.9 Å². The maximum atomic E-state index is 12.5. The topological polar surface area (TPSA) is 62.7 Å². The fraction of sp³-hybridized carbons (Fsp3) is 0.381. The van der Waals surface area contributed by atoms with E-state index in [0.717, 1.165) is 38.1 Å². The lowest BCUT2D eigenvalue weighted by Crippen LogP contribution is -2.42. The molecule has 27 heavy (non-hydrogen) atoms. The van der Waals surface area contributed by atoms with E-state index in [9.17, 15) is 9.59 Å².